The Balaban J connectivity index is 1.46. The number of piperidine rings is 1. The minimum absolute atomic E-state index is 0.0370. The molecule has 1 aromatic carbocycles. The zero-order chi connectivity index (χ0) is 15.8. The van der Waals surface area contributed by atoms with E-state index in [0.717, 1.165) is 30.3 Å². The summed E-state index contributed by atoms with van der Waals surface area (Å²) in [6.07, 6.45) is 2.33. The first-order valence-electron chi connectivity index (χ1n) is 8.07. The van der Waals surface area contributed by atoms with Crippen LogP contribution in [0.2, 0.25) is 0 Å². The average Bonchev–Trinajstić information content (AvgIpc) is 3.15. The van der Waals surface area contributed by atoms with Crippen molar-refractivity contribution in [3.63, 3.8) is 0 Å². The summed E-state index contributed by atoms with van der Waals surface area (Å²) in [6.45, 7) is 3.30. The fraction of sp³-hybridized carbons (Fsp3) is 0.389. The van der Waals surface area contributed by atoms with Crippen LogP contribution in [0.4, 0.5) is 4.39 Å². The molecule has 3 nitrogen and oxygen atoms in total. The molecule has 3 atom stereocenters. The molecule has 2 bridgehead atoms. The van der Waals surface area contributed by atoms with Crippen molar-refractivity contribution in [2.75, 3.05) is 19.6 Å². The van der Waals surface area contributed by atoms with Gasteiger partial charge in [0.2, 0.25) is 0 Å². The quantitative estimate of drug-likeness (QED) is 0.936. The summed E-state index contributed by atoms with van der Waals surface area (Å²) in [7, 11) is 0. The molecule has 5 heteroatoms. The maximum Gasteiger partial charge on any atom is 0.261 e. The molecule has 0 saturated carbocycles. The Kier molecular flexibility index (Phi) is 3.91. The first-order valence-corrected chi connectivity index (χ1v) is 8.88. The van der Waals surface area contributed by atoms with Crippen LogP contribution in [0.15, 0.2) is 36.4 Å². The summed E-state index contributed by atoms with van der Waals surface area (Å²) in [5, 5.41) is 3.15. The molecule has 0 radical (unpaired) electrons. The molecule has 2 aromatic rings. The number of rotatable bonds is 3. The summed E-state index contributed by atoms with van der Waals surface area (Å²) in [5.74, 6) is 0.439. The Morgan fingerprint density at radius 2 is 2.09 bits per heavy atom. The molecular weight excluding hydrogens is 311 g/mol. The first kappa shape index (κ1) is 14.8. The lowest BCUT2D eigenvalue weighted by atomic mass is 9.97. The zero-order valence-electron chi connectivity index (χ0n) is 12.8. The molecule has 1 unspecified atom stereocenters. The van der Waals surface area contributed by atoms with Gasteiger partial charge in [0.25, 0.3) is 5.91 Å². The van der Waals surface area contributed by atoms with Gasteiger partial charge in [-0.05, 0) is 43.5 Å². The van der Waals surface area contributed by atoms with Crippen molar-refractivity contribution in [2.45, 2.75) is 18.9 Å². The van der Waals surface area contributed by atoms with Crippen LogP contribution < -0.4 is 5.32 Å². The molecule has 1 aromatic heterocycles. The van der Waals surface area contributed by atoms with E-state index in [-0.39, 0.29) is 17.8 Å². The summed E-state index contributed by atoms with van der Waals surface area (Å²) < 4.78 is 13.9. The largest absolute Gasteiger partial charge is 0.347 e. The van der Waals surface area contributed by atoms with E-state index in [1.807, 2.05) is 12.1 Å². The number of carbonyl (C=O) groups is 1. The van der Waals surface area contributed by atoms with E-state index in [9.17, 15) is 9.18 Å². The summed E-state index contributed by atoms with van der Waals surface area (Å²) in [6, 6.07) is 10.5. The van der Waals surface area contributed by atoms with Crippen molar-refractivity contribution in [1.29, 1.82) is 0 Å². The number of amides is 1. The number of fused-ring (bicyclic) bond motifs is 2. The summed E-state index contributed by atoms with van der Waals surface area (Å²) in [4.78, 5) is 16.3. The number of carbonyl (C=O) groups excluding carboxylic acids is 1. The second-order valence-electron chi connectivity index (χ2n) is 6.46. The van der Waals surface area contributed by atoms with Crippen molar-refractivity contribution in [2.24, 2.45) is 5.92 Å². The molecule has 0 spiro atoms. The van der Waals surface area contributed by atoms with E-state index < -0.39 is 0 Å². The molecule has 2 aliphatic heterocycles. The number of hydrogen-bond donors (Lipinski definition) is 1. The fourth-order valence-corrected chi connectivity index (χ4v) is 4.62. The van der Waals surface area contributed by atoms with Crippen LogP contribution in [-0.4, -0.2) is 36.5 Å². The number of nitrogens with zero attached hydrogens (tertiary/aromatic N) is 1. The predicted molar refractivity (Wildman–Crippen MR) is 90.1 cm³/mol. The predicted octanol–water partition coefficient (Wildman–Crippen LogP) is 3.38. The lowest BCUT2D eigenvalue weighted by molar-refractivity contribution is 0.0913. The molecule has 4 rings (SSSR count). The highest BCUT2D eigenvalue weighted by Crippen LogP contribution is 2.31. The van der Waals surface area contributed by atoms with Gasteiger partial charge in [0.1, 0.15) is 5.82 Å². The molecule has 1 N–H and O–H groups in total. The van der Waals surface area contributed by atoms with Crippen LogP contribution in [-0.2, 0) is 0 Å². The van der Waals surface area contributed by atoms with Gasteiger partial charge < -0.3 is 10.2 Å². The SMILES string of the molecule is O=C(N[C@@H]1C[C@@H]2CCN(C2)C1)c1ccc(-c2ccccc2F)s1. The zero-order valence-corrected chi connectivity index (χ0v) is 13.6. The molecular formula is C18H19FN2OS. The second kappa shape index (κ2) is 6.06. The van der Waals surface area contributed by atoms with Crippen LogP contribution in [0.5, 0.6) is 0 Å². The smallest absolute Gasteiger partial charge is 0.261 e. The summed E-state index contributed by atoms with van der Waals surface area (Å²) in [5.41, 5.74) is 0.554. The van der Waals surface area contributed by atoms with Gasteiger partial charge in [-0.3, -0.25) is 4.79 Å². The van der Waals surface area contributed by atoms with Gasteiger partial charge in [-0.15, -0.1) is 11.3 Å². The van der Waals surface area contributed by atoms with Gasteiger partial charge >= 0.3 is 0 Å². The Hall–Kier alpha value is -1.72. The van der Waals surface area contributed by atoms with Crippen molar-refractivity contribution in [3.05, 3.63) is 47.1 Å². The molecule has 2 fully saturated rings. The molecule has 2 aliphatic rings. The van der Waals surface area contributed by atoms with Crippen molar-refractivity contribution in [3.8, 4) is 10.4 Å². The van der Waals surface area contributed by atoms with Crippen LogP contribution in [0.25, 0.3) is 10.4 Å². The third-order valence-corrected chi connectivity index (χ3v) is 5.89. The van der Waals surface area contributed by atoms with Crippen LogP contribution in [0, 0.1) is 11.7 Å². The van der Waals surface area contributed by atoms with Crippen LogP contribution in [0.3, 0.4) is 0 Å². The second-order valence-corrected chi connectivity index (χ2v) is 7.55. The van der Waals surface area contributed by atoms with E-state index in [1.54, 1.807) is 18.2 Å². The Labute approximate surface area is 139 Å². The van der Waals surface area contributed by atoms with Crippen LogP contribution >= 0.6 is 11.3 Å². The Morgan fingerprint density at radius 3 is 2.91 bits per heavy atom. The van der Waals surface area contributed by atoms with Gasteiger partial charge in [-0.25, -0.2) is 4.39 Å². The van der Waals surface area contributed by atoms with Crippen molar-refractivity contribution < 1.29 is 9.18 Å². The molecule has 3 heterocycles. The highest BCUT2D eigenvalue weighted by atomic mass is 32.1. The first-order chi connectivity index (χ1) is 11.2. The lowest BCUT2D eigenvalue weighted by Crippen LogP contribution is -2.46. The summed E-state index contributed by atoms with van der Waals surface area (Å²) >= 11 is 1.35. The van der Waals surface area contributed by atoms with E-state index in [1.165, 1.54) is 30.4 Å². The van der Waals surface area contributed by atoms with E-state index >= 15 is 0 Å². The topological polar surface area (TPSA) is 32.3 Å². The number of benzene rings is 1. The van der Waals surface area contributed by atoms with Gasteiger partial charge in [-0.1, -0.05) is 18.2 Å². The van der Waals surface area contributed by atoms with Crippen LogP contribution in [0.1, 0.15) is 22.5 Å². The average molecular weight is 330 g/mol. The normalized spacial score (nSPS) is 26.2. The number of thiophene rings is 1. The minimum Gasteiger partial charge on any atom is -0.347 e. The molecule has 23 heavy (non-hydrogen) atoms. The third kappa shape index (κ3) is 3.03. The molecule has 2 saturated heterocycles. The van der Waals surface area contributed by atoms with Gasteiger partial charge in [-0.2, -0.15) is 0 Å². The molecule has 0 aliphatic carbocycles. The van der Waals surface area contributed by atoms with E-state index in [2.05, 4.69) is 10.2 Å². The Bertz CT molecular complexity index is 717. The highest BCUT2D eigenvalue weighted by Gasteiger charge is 2.33. The van der Waals surface area contributed by atoms with Crippen molar-refractivity contribution >= 4 is 17.2 Å². The Morgan fingerprint density at radius 1 is 1.22 bits per heavy atom. The lowest BCUT2D eigenvalue weighted by Gasteiger charge is -2.30. The highest BCUT2D eigenvalue weighted by molar-refractivity contribution is 7.17. The number of hydrogen-bond acceptors (Lipinski definition) is 3. The minimum atomic E-state index is -0.252. The monoisotopic (exact) mass is 330 g/mol. The standard InChI is InChI=1S/C18H19FN2OS/c19-15-4-2-1-3-14(15)16-5-6-17(23-16)18(22)20-13-9-12-7-8-21(10-12)11-13/h1-6,12-13H,7-11H2,(H,20,22)/t12-,13+/m0/s1. The fourth-order valence-electron chi connectivity index (χ4n) is 3.69. The molecule has 120 valence electrons. The van der Waals surface area contributed by atoms with Gasteiger partial charge in [0.15, 0.2) is 0 Å². The third-order valence-electron chi connectivity index (χ3n) is 4.77. The number of nitrogens with one attached hydrogen (secondary N) is 1. The van der Waals surface area contributed by atoms with E-state index in [0.29, 0.717) is 10.4 Å². The van der Waals surface area contributed by atoms with Crippen molar-refractivity contribution in [1.82, 2.24) is 10.2 Å². The maximum absolute atomic E-state index is 13.9. The maximum atomic E-state index is 13.9. The van der Waals surface area contributed by atoms with Gasteiger partial charge in [0, 0.05) is 29.6 Å². The molecule has 1 amide bonds. The number of halogens is 1. The van der Waals surface area contributed by atoms with Gasteiger partial charge in [0.05, 0.1) is 4.88 Å². The van der Waals surface area contributed by atoms with E-state index in [4.69, 9.17) is 0 Å².